The summed E-state index contributed by atoms with van der Waals surface area (Å²) in [6.07, 6.45) is 4.91. The molecule has 0 spiro atoms. The zero-order chi connectivity index (χ0) is 15.6. The fourth-order valence-corrected chi connectivity index (χ4v) is 4.11. The molecule has 0 saturated heterocycles. The molecule has 1 fully saturated rings. The quantitative estimate of drug-likeness (QED) is 0.846. The zero-order valence-electron chi connectivity index (χ0n) is 14.2. The average Bonchev–Trinajstić information content (AvgIpc) is 2.41. The third-order valence-corrected chi connectivity index (χ3v) is 5.44. The van der Waals surface area contributed by atoms with E-state index in [9.17, 15) is 4.39 Å². The molecule has 2 rings (SSSR count). The molecular formula is C19H30FN. The fourth-order valence-electron chi connectivity index (χ4n) is 4.11. The van der Waals surface area contributed by atoms with Crippen molar-refractivity contribution in [2.24, 2.45) is 17.3 Å². The van der Waals surface area contributed by atoms with Crippen molar-refractivity contribution < 1.29 is 4.39 Å². The summed E-state index contributed by atoms with van der Waals surface area (Å²) >= 11 is 0. The molecule has 1 saturated carbocycles. The van der Waals surface area contributed by atoms with E-state index in [1.807, 2.05) is 13.0 Å². The Bertz CT molecular complexity index is 480. The summed E-state index contributed by atoms with van der Waals surface area (Å²) in [6, 6.07) is 5.82. The monoisotopic (exact) mass is 291 g/mol. The maximum atomic E-state index is 13.3. The van der Waals surface area contributed by atoms with Crippen LogP contribution in [0.15, 0.2) is 18.2 Å². The lowest BCUT2D eigenvalue weighted by Crippen LogP contribution is -2.46. The minimum absolute atomic E-state index is 0.131. The molecule has 3 atom stereocenters. The second-order valence-corrected chi connectivity index (χ2v) is 7.66. The lowest BCUT2D eigenvalue weighted by Gasteiger charge is -2.44. The number of hydrogen-bond donors (Lipinski definition) is 1. The predicted octanol–water partition coefficient (Wildman–Crippen LogP) is 4.73. The van der Waals surface area contributed by atoms with E-state index in [0.717, 1.165) is 17.9 Å². The van der Waals surface area contributed by atoms with Crippen LogP contribution in [0.2, 0.25) is 0 Å². The van der Waals surface area contributed by atoms with Crippen molar-refractivity contribution >= 4 is 0 Å². The highest BCUT2D eigenvalue weighted by atomic mass is 19.1. The van der Waals surface area contributed by atoms with Crippen LogP contribution in [0.25, 0.3) is 0 Å². The Kier molecular flexibility index (Phi) is 5.08. The zero-order valence-corrected chi connectivity index (χ0v) is 14.2. The van der Waals surface area contributed by atoms with E-state index >= 15 is 0 Å². The second kappa shape index (κ2) is 6.48. The van der Waals surface area contributed by atoms with Gasteiger partial charge < -0.3 is 5.32 Å². The van der Waals surface area contributed by atoms with Gasteiger partial charge in [-0.15, -0.1) is 0 Å². The van der Waals surface area contributed by atoms with Crippen LogP contribution in [0.5, 0.6) is 0 Å². The van der Waals surface area contributed by atoms with Crippen LogP contribution < -0.4 is 5.32 Å². The molecule has 0 amide bonds. The van der Waals surface area contributed by atoms with Crippen molar-refractivity contribution in [3.05, 3.63) is 35.1 Å². The SMILES string of the molecule is CNC1CC(C)CCC1C(C)(C)Cc1ccc(F)cc1C. The van der Waals surface area contributed by atoms with Gasteiger partial charge in [0.05, 0.1) is 0 Å². The van der Waals surface area contributed by atoms with Gasteiger partial charge in [-0.05, 0) is 73.7 Å². The van der Waals surface area contributed by atoms with E-state index in [0.29, 0.717) is 12.0 Å². The molecule has 118 valence electrons. The first-order chi connectivity index (χ1) is 9.83. The minimum atomic E-state index is -0.131. The van der Waals surface area contributed by atoms with Crippen molar-refractivity contribution in [2.45, 2.75) is 59.4 Å². The Labute approximate surface area is 129 Å². The average molecular weight is 291 g/mol. The topological polar surface area (TPSA) is 12.0 Å². The molecule has 1 nitrogen and oxygen atoms in total. The van der Waals surface area contributed by atoms with Crippen LogP contribution in [-0.4, -0.2) is 13.1 Å². The van der Waals surface area contributed by atoms with Crippen molar-refractivity contribution in [2.75, 3.05) is 7.05 Å². The van der Waals surface area contributed by atoms with Crippen molar-refractivity contribution in [1.29, 1.82) is 0 Å². The second-order valence-electron chi connectivity index (χ2n) is 7.66. The smallest absolute Gasteiger partial charge is 0.123 e. The Morgan fingerprint density at radius 1 is 1.29 bits per heavy atom. The summed E-state index contributed by atoms with van der Waals surface area (Å²) in [5.41, 5.74) is 2.60. The summed E-state index contributed by atoms with van der Waals surface area (Å²) in [5.74, 6) is 1.37. The van der Waals surface area contributed by atoms with Crippen molar-refractivity contribution in [3.63, 3.8) is 0 Å². The maximum absolute atomic E-state index is 13.3. The van der Waals surface area contributed by atoms with Crippen LogP contribution in [0.4, 0.5) is 4.39 Å². The molecule has 3 unspecified atom stereocenters. The van der Waals surface area contributed by atoms with Gasteiger partial charge in [-0.1, -0.05) is 33.3 Å². The normalized spacial score (nSPS) is 26.9. The molecule has 0 aromatic heterocycles. The van der Waals surface area contributed by atoms with Gasteiger partial charge in [-0.3, -0.25) is 0 Å². The Morgan fingerprint density at radius 2 is 2.00 bits per heavy atom. The molecule has 1 aliphatic carbocycles. The summed E-state index contributed by atoms with van der Waals surface area (Å²) in [4.78, 5) is 0. The maximum Gasteiger partial charge on any atom is 0.123 e. The first kappa shape index (κ1) is 16.5. The molecule has 1 aromatic rings. The fraction of sp³-hybridized carbons (Fsp3) is 0.684. The largest absolute Gasteiger partial charge is 0.317 e. The lowest BCUT2D eigenvalue weighted by molar-refractivity contribution is 0.0979. The summed E-state index contributed by atoms with van der Waals surface area (Å²) in [5, 5.41) is 3.54. The van der Waals surface area contributed by atoms with E-state index in [4.69, 9.17) is 0 Å². The lowest BCUT2D eigenvalue weighted by atomic mass is 9.64. The van der Waals surface area contributed by atoms with E-state index in [1.165, 1.54) is 24.8 Å². The first-order valence-electron chi connectivity index (χ1n) is 8.26. The summed E-state index contributed by atoms with van der Waals surface area (Å²) in [7, 11) is 2.09. The van der Waals surface area contributed by atoms with Crippen LogP contribution in [0.1, 0.15) is 51.2 Å². The number of nitrogens with one attached hydrogen (secondary N) is 1. The van der Waals surface area contributed by atoms with Gasteiger partial charge in [0, 0.05) is 6.04 Å². The summed E-state index contributed by atoms with van der Waals surface area (Å²) < 4.78 is 13.3. The molecule has 2 heteroatoms. The van der Waals surface area contributed by atoms with E-state index in [1.54, 1.807) is 12.1 Å². The summed E-state index contributed by atoms with van der Waals surface area (Å²) in [6.45, 7) is 9.13. The van der Waals surface area contributed by atoms with Gasteiger partial charge in [0.2, 0.25) is 0 Å². The van der Waals surface area contributed by atoms with Crippen LogP contribution in [0.3, 0.4) is 0 Å². The van der Waals surface area contributed by atoms with Crippen LogP contribution in [0, 0.1) is 30.0 Å². The van der Waals surface area contributed by atoms with E-state index < -0.39 is 0 Å². The molecular weight excluding hydrogens is 261 g/mol. The van der Waals surface area contributed by atoms with E-state index in [-0.39, 0.29) is 11.2 Å². The molecule has 0 radical (unpaired) electrons. The Balaban J connectivity index is 2.16. The highest BCUT2D eigenvalue weighted by molar-refractivity contribution is 5.27. The predicted molar refractivity (Wildman–Crippen MR) is 88.0 cm³/mol. The standard InChI is InChI=1S/C19H30FN/c1-13-6-9-17(18(10-13)21-5)19(3,4)12-15-7-8-16(20)11-14(15)2/h7-8,11,13,17-18,21H,6,9-10,12H2,1-5H3. The van der Waals surface area contributed by atoms with Crippen molar-refractivity contribution in [1.82, 2.24) is 5.32 Å². The molecule has 21 heavy (non-hydrogen) atoms. The van der Waals surface area contributed by atoms with Gasteiger partial charge in [-0.2, -0.15) is 0 Å². The number of aryl methyl sites for hydroxylation is 1. The molecule has 0 aliphatic heterocycles. The van der Waals surface area contributed by atoms with E-state index in [2.05, 4.69) is 33.1 Å². The highest BCUT2D eigenvalue weighted by Gasteiger charge is 2.38. The molecule has 0 heterocycles. The van der Waals surface area contributed by atoms with Gasteiger partial charge in [-0.25, -0.2) is 4.39 Å². The number of benzene rings is 1. The van der Waals surface area contributed by atoms with Crippen molar-refractivity contribution in [3.8, 4) is 0 Å². The van der Waals surface area contributed by atoms with Gasteiger partial charge >= 0.3 is 0 Å². The number of halogens is 1. The minimum Gasteiger partial charge on any atom is -0.317 e. The third kappa shape index (κ3) is 3.85. The Morgan fingerprint density at radius 3 is 2.62 bits per heavy atom. The molecule has 1 aromatic carbocycles. The van der Waals surface area contributed by atoms with Gasteiger partial charge in [0.15, 0.2) is 0 Å². The van der Waals surface area contributed by atoms with Gasteiger partial charge in [0.25, 0.3) is 0 Å². The van der Waals surface area contributed by atoms with Gasteiger partial charge in [0.1, 0.15) is 5.82 Å². The molecule has 1 N–H and O–H groups in total. The molecule has 1 aliphatic rings. The van der Waals surface area contributed by atoms with Crippen LogP contribution in [-0.2, 0) is 6.42 Å². The molecule has 0 bridgehead atoms. The van der Waals surface area contributed by atoms with Crippen LogP contribution >= 0.6 is 0 Å². The first-order valence-corrected chi connectivity index (χ1v) is 8.26. The third-order valence-electron chi connectivity index (χ3n) is 5.44. The number of rotatable bonds is 4. The Hall–Kier alpha value is -0.890. The highest BCUT2D eigenvalue weighted by Crippen LogP contribution is 2.42. The number of hydrogen-bond acceptors (Lipinski definition) is 1.